The summed E-state index contributed by atoms with van der Waals surface area (Å²) in [5, 5.41) is 8.45. The number of amides is 1. The number of allylic oxidation sites excluding steroid dienone is 2. The number of benzene rings is 2. The van der Waals surface area contributed by atoms with E-state index >= 15 is 0 Å². The zero-order valence-corrected chi connectivity index (χ0v) is 23.8. The predicted molar refractivity (Wildman–Crippen MR) is 150 cm³/mol. The first-order valence-corrected chi connectivity index (χ1v) is 15.5. The van der Waals surface area contributed by atoms with Gasteiger partial charge in [0.2, 0.25) is 0 Å². The van der Waals surface area contributed by atoms with E-state index in [0.717, 1.165) is 41.4 Å². The van der Waals surface area contributed by atoms with Crippen LogP contribution in [0.4, 0.5) is 19.4 Å². The second-order valence-corrected chi connectivity index (χ2v) is 12.8. The van der Waals surface area contributed by atoms with Crippen LogP contribution in [0.1, 0.15) is 65.3 Å². The number of halogens is 5. The van der Waals surface area contributed by atoms with Crippen molar-refractivity contribution in [1.29, 1.82) is 0 Å². The molecule has 224 valence electrons. The second kappa shape index (κ2) is 11.2. The highest BCUT2D eigenvalue weighted by Gasteiger charge is 2.65. The maximum absolute atomic E-state index is 13.0. The average Bonchev–Trinajstić information content (AvgIpc) is 3.30. The van der Waals surface area contributed by atoms with E-state index in [1.165, 1.54) is 0 Å². The number of aromatic nitrogens is 2. The van der Waals surface area contributed by atoms with Crippen molar-refractivity contribution in [1.82, 2.24) is 15.1 Å². The summed E-state index contributed by atoms with van der Waals surface area (Å²) >= 11 is 0. The van der Waals surface area contributed by atoms with E-state index in [1.54, 1.807) is 12.1 Å². The Kier molecular flexibility index (Phi) is 8.39. The molecule has 0 radical (unpaired) electrons. The lowest BCUT2D eigenvalue weighted by molar-refractivity contribution is 0.0921. The number of nitrogens with zero attached hydrogens (tertiary/aromatic N) is 2. The molecule has 1 amide bonds. The maximum atomic E-state index is 13.0. The van der Waals surface area contributed by atoms with Crippen molar-refractivity contribution in [3.8, 4) is 0 Å². The normalized spacial score (nSPS) is 18.1. The van der Waals surface area contributed by atoms with Gasteiger partial charge in [-0.05, 0) is 99.4 Å². The summed E-state index contributed by atoms with van der Waals surface area (Å²) in [6.45, 7) is 5.92. The first-order chi connectivity index (χ1) is 19.2. The summed E-state index contributed by atoms with van der Waals surface area (Å²) in [4.78, 5) is 23.5. The summed E-state index contributed by atoms with van der Waals surface area (Å²) < 4.78 is 72.1. The number of ether oxygens (including phenoxy) is 1. The number of nitrogens with one attached hydrogen (secondary N) is 1. The number of hydrogen-bond acceptors (Lipinski definition) is 4. The predicted octanol–water partition coefficient (Wildman–Crippen LogP) is 8.16. The number of hydrogen-bond donors (Lipinski definition) is 1. The average molecular weight is 600 g/mol. The minimum atomic E-state index is -9.78. The van der Waals surface area contributed by atoms with Crippen molar-refractivity contribution in [2.45, 2.75) is 57.4 Å². The Balaban J connectivity index is 1.38. The summed E-state index contributed by atoms with van der Waals surface area (Å²) in [6, 6.07) is 5.80. The highest BCUT2D eigenvalue weighted by atomic mass is 32.5. The van der Waals surface area contributed by atoms with Gasteiger partial charge >= 0.3 is 10.2 Å². The van der Waals surface area contributed by atoms with Gasteiger partial charge in [0, 0.05) is 42.4 Å². The molecule has 1 N–H and O–H groups in total. The van der Waals surface area contributed by atoms with Gasteiger partial charge in [0.05, 0.1) is 12.1 Å². The fourth-order valence-electron chi connectivity index (χ4n) is 5.12. The molecule has 1 heterocycles. The van der Waals surface area contributed by atoms with Crippen LogP contribution in [0.2, 0.25) is 0 Å². The molecule has 1 atom stereocenters. The molecule has 6 nitrogen and oxygen atoms in total. The van der Waals surface area contributed by atoms with Crippen LogP contribution in [-0.2, 0) is 11.3 Å². The number of fused-ring (bicyclic) bond motifs is 1. The SMILES string of the molecule is CCOCCNC(=O)c1ccc2nn(CC3CCC=C(C(=O)c4ccc(S(F)(F)(F)(F)F)cc4)CCC3)cc2c1C. The van der Waals surface area contributed by atoms with Crippen LogP contribution < -0.4 is 5.32 Å². The van der Waals surface area contributed by atoms with Gasteiger partial charge in [-0.3, -0.25) is 14.3 Å². The Labute approximate surface area is 235 Å². The third kappa shape index (κ3) is 7.73. The first-order valence-electron chi connectivity index (χ1n) is 13.6. The Bertz CT molecular complexity index is 1470. The van der Waals surface area contributed by atoms with Crippen molar-refractivity contribution >= 4 is 32.8 Å². The van der Waals surface area contributed by atoms with Gasteiger partial charge in [0.15, 0.2) is 5.78 Å². The van der Waals surface area contributed by atoms with E-state index in [4.69, 9.17) is 4.74 Å². The number of carbonyl (C=O) groups excluding carboxylic acids is 2. The summed E-state index contributed by atoms with van der Waals surface area (Å²) in [5.41, 5.74) is 2.67. The van der Waals surface area contributed by atoms with E-state index in [1.807, 2.05) is 30.8 Å². The van der Waals surface area contributed by atoms with Crippen LogP contribution in [0.5, 0.6) is 0 Å². The molecule has 12 heteroatoms. The highest BCUT2D eigenvalue weighted by molar-refractivity contribution is 8.45. The molecule has 4 rings (SSSR count). The maximum Gasteiger partial charge on any atom is 0.310 e. The number of rotatable bonds is 10. The summed E-state index contributed by atoms with van der Waals surface area (Å²) in [5.74, 6) is -0.316. The van der Waals surface area contributed by atoms with Crippen LogP contribution in [0.3, 0.4) is 0 Å². The van der Waals surface area contributed by atoms with Crippen LogP contribution in [0.15, 0.2) is 59.1 Å². The van der Waals surface area contributed by atoms with Crippen molar-refractivity contribution < 1.29 is 33.8 Å². The van der Waals surface area contributed by atoms with E-state index in [0.29, 0.717) is 56.7 Å². The van der Waals surface area contributed by atoms with Crippen molar-refractivity contribution in [3.05, 3.63) is 70.9 Å². The number of carbonyl (C=O) groups is 2. The van der Waals surface area contributed by atoms with Gasteiger partial charge in [-0.2, -0.15) is 5.10 Å². The van der Waals surface area contributed by atoms with Crippen molar-refractivity contribution in [2.24, 2.45) is 5.92 Å². The molecule has 1 aliphatic carbocycles. The van der Waals surface area contributed by atoms with Crippen LogP contribution in [0, 0.1) is 12.8 Å². The Morgan fingerprint density at radius 2 is 1.80 bits per heavy atom. The smallest absolute Gasteiger partial charge is 0.310 e. The van der Waals surface area contributed by atoms with Crippen molar-refractivity contribution in [3.63, 3.8) is 0 Å². The van der Waals surface area contributed by atoms with Crippen molar-refractivity contribution in [2.75, 3.05) is 19.8 Å². The number of Topliss-reactive ketones (excluding diaryl/α,β-unsaturated/α-hetero) is 1. The van der Waals surface area contributed by atoms with Crippen LogP contribution in [0.25, 0.3) is 10.9 Å². The Morgan fingerprint density at radius 3 is 2.49 bits per heavy atom. The summed E-state index contributed by atoms with van der Waals surface area (Å²) in [7, 11) is -9.78. The van der Waals surface area contributed by atoms with Gasteiger partial charge in [-0.25, -0.2) is 0 Å². The Morgan fingerprint density at radius 1 is 1.07 bits per heavy atom. The third-order valence-corrected chi connectivity index (χ3v) is 8.47. The molecule has 0 bridgehead atoms. The van der Waals surface area contributed by atoms with Gasteiger partial charge in [0.1, 0.15) is 4.90 Å². The minimum absolute atomic E-state index is 0.0417. The molecule has 0 aliphatic heterocycles. The number of aryl methyl sites for hydroxylation is 1. The molecule has 1 unspecified atom stereocenters. The zero-order valence-electron chi connectivity index (χ0n) is 23.0. The third-order valence-electron chi connectivity index (χ3n) is 7.31. The van der Waals surface area contributed by atoms with E-state index in [9.17, 15) is 29.0 Å². The molecule has 0 saturated heterocycles. The lowest BCUT2D eigenvalue weighted by atomic mass is 9.89. The second-order valence-electron chi connectivity index (χ2n) is 10.4. The monoisotopic (exact) mass is 599 g/mol. The molecule has 0 spiro atoms. The van der Waals surface area contributed by atoms with Gasteiger partial charge < -0.3 is 10.1 Å². The van der Waals surface area contributed by atoms with E-state index < -0.39 is 20.9 Å². The van der Waals surface area contributed by atoms with E-state index in [2.05, 4.69) is 10.4 Å². The molecule has 41 heavy (non-hydrogen) atoms. The van der Waals surface area contributed by atoms with E-state index in [-0.39, 0.29) is 29.5 Å². The molecule has 0 saturated carbocycles. The number of ketones is 1. The standard InChI is InChI=1S/C29H34F5N3O3S/c1-3-40-17-16-35-29(39)25-14-15-27-26(20(25)2)19-37(36-27)18-21-6-4-8-22(9-5-7-21)28(38)23-10-12-24(13-11-23)41(30,31,32,33)34/h8,10-15,19,21H,3-7,9,16-18H2,1-2H3,(H,35,39). The molecule has 1 aromatic heterocycles. The molecular weight excluding hydrogens is 565 g/mol. The quantitative estimate of drug-likeness (QED) is 0.145. The lowest BCUT2D eigenvalue weighted by Crippen LogP contribution is -2.27. The summed E-state index contributed by atoms with van der Waals surface area (Å²) in [6.07, 6.45) is 7.08. The topological polar surface area (TPSA) is 73.2 Å². The molecule has 3 aromatic rings. The first kappa shape index (κ1) is 30.7. The Hall–Kier alpha value is -3.25. The zero-order chi connectivity index (χ0) is 29.9. The van der Waals surface area contributed by atoms with Gasteiger partial charge in [-0.15, -0.1) is 0 Å². The van der Waals surface area contributed by atoms with Gasteiger partial charge in [0.25, 0.3) is 5.91 Å². The van der Waals surface area contributed by atoms with Crippen LogP contribution >= 0.6 is 10.2 Å². The lowest BCUT2D eigenvalue weighted by Gasteiger charge is -2.40. The fraction of sp³-hybridized carbons (Fsp3) is 0.414. The molecule has 0 fully saturated rings. The molecule has 1 aliphatic rings. The van der Waals surface area contributed by atoms with Gasteiger partial charge in [-0.1, -0.05) is 25.5 Å². The molecular formula is C29H34F5N3O3S. The fourth-order valence-corrected chi connectivity index (χ4v) is 5.77. The van der Waals surface area contributed by atoms with Crippen LogP contribution in [-0.4, -0.2) is 41.2 Å². The minimum Gasteiger partial charge on any atom is -0.380 e. The largest absolute Gasteiger partial charge is 0.380 e. The highest BCUT2D eigenvalue weighted by Crippen LogP contribution is 3.02. The molecule has 2 aromatic carbocycles.